The lowest BCUT2D eigenvalue weighted by Gasteiger charge is -2.44. The summed E-state index contributed by atoms with van der Waals surface area (Å²) in [6.45, 7) is 0.671. The molecular weight excluding hydrogens is 302 g/mol. The summed E-state index contributed by atoms with van der Waals surface area (Å²) in [5.74, 6) is -5.08. The summed E-state index contributed by atoms with van der Waals surface area (Å²) < 4.78 is 4.91. The Hall–Kier alpha value is -1.30. The highest BCUT2D eigenvalue weighted by Crippen LogP contribution is 2.30. The predicted molar refractivity (Wildman–Crippen MR) is 69.4 cm³/mol. The summed E-state index contributed by atoms with van der Waals surface area (Å²) in [5.41, 5.74) is 0. The Kier molecular flexibility index (Phi) is 6.23. The van der Waals surface area contributed by atoms with Crippen molar-refractivity contribution in [2.45, 2.75) is 56.0 Å². The van der Waals surface area contributed by atoms with Gasteiger partial charge >= 0.3 is 5.97 Å². The van der Waals surface area contributed by atoms with E-state index in [0.29, 0.717) is 0 Å². The zero-order valence-corrected chi connectivity index (χ0v) is 11.9. The fraction of sp³-hybridized carbons (Fsp3) is 0.833. The summed E-state index contributed by atoms with van der Waals surface area (Å²) in [6, 6.07) is -1.26. The fourth-order valence-electron chi connectivity index (χ4n) is 2.19. The Balaban J connectivity index is 3.07. The number of carbonyl (C=O) groups excluding carboxylic acids is 1. The third-order valence-electron chi connectivity index (χ3n) is 3.49. The van der Waals surface area contributed by atoms with Gasteiger partial charge in [-0.25, -0.2) is 4.79 Å². The van der Waals surface area contributed by atoms with Crippen molar-refractivity contribution < 1.29 is 45.0 Å². The van der Waals surface area contributed by atoms with E-state index in [1.807, 2.05) is 0 Å². The molecule has 0 aromatic heterocycles. The second-order valence-electron chi connectivity index (χ2n) is 5.13. The molecule has 6 atom stereocenters. The molecule has 0 aliphatic carbocycles. The van der Waals surface area contributed by atoms with E-state index in [4.69, 9.17) is 14.9 Å². The molecule has 1 saturated heterocycles. The molecule has 10 heteroatoms. The van der Waals surface area contributed by atoms with Gasteiger partial charge in [-0.2, -0.15) is 0 Å². The zero-order chi connectivity index (χ0) is 17.1. The van der Waals surface area contributed by atoms with E-state index < -0.39 is 61.1 Å². The quantitative estimate of drug-likeness (QED) is 0.261. The first-order valence-corrected chi connectivity index (χ1v) is 6.74. The number of carbonyl (C=O) groups is 2. The molecule has 1 rings (SSSR count). The Bertz CT molecular complexity index is 417. The maximum Gasteiger partial charge on any atom is 0.364 e. The maximum atomic E-state index is 11.5. The predicted octanol–water partition coefficient (Wildman–Crippen LogP) is -3.48. The van der Waals surface area contributed by atoms with Gasteiger partial charge < -0.3 is 40.7 Å². The number of aliphatic hydroxyl groups is 5. The average molecular weight is 323 g/mol. The third-order valence-corrected chi connectivity index (χ3v) is 3.49. The molecule has 1 fully saturated rings. The normalized spacial score (nSPS) is 34.7. The van der Waals surface area contributed by atoms with Crippen molar-refractivity contribution in [3.8, 4) is 0 Å². The summed E-state index contributed by atoms with van der Waals surface area (Å²) in [7, 11) is 0. The maximum absolute atomic E-state index is 11.5. The highest BCUT2D eigenvalue weighted by Gasteiger charge is 2.53. The highest BCUT2D eigenvalue weighted by molar-refractivity contribution is 5.77. The Morgan fingerprint density at radius 2 is 2.00 bits per heavy atom. The molecule has 0 spiro atoms. The number of amides is 1. The molecule has 0 aromatic carbocycles. The summed E-state index contributed by atoms with van der Waals surface area (Å²) in [4.78, 5) is 22.5. The van der Waals surface area contributed by atoms with Crippen molar-refractivity contribution in [3.63, 3.8) is 0 Å². The van der Waals surface area contributed by atoms with Crippen molar-refractivity contribution in [3.05, 3.63) is 0 Å². The molecule has 7 N–H and O–H groups in total. The summed E-state index contributed by atoms with van der Waals surface area (Å²) in [5, 5.41) is 59.4. The molecule has 1 aliphatic rings. The van der Waals surface area contributed by atoms with Crippen molar-refractivity contribution >= 4 is 11.9 Å². The van der Waals surface area contributed by atoms with E-state index in [9.17, 15) is 30.0 Å². The molecule has 22 heavy (non-hydrogen) atoms. The number of nitrogens with one attached hydrogen (secondary N) is 1. The number of aliphatic hydroxyl groups excluding tert-OH is 4. The monoisotopic (exact) mass is 323 g/mol. The van der Waals surface area contributed by atoms with Crippen LogP contribution in [0.2, 0.25) is 0 Å². The third kappa shape index (κ3) is 3.91. The van der Waals surface area contributed by atoms with Crippen molar-refractivity contribution in [1.29, 1.82) is 0 Å². The number of carboxylic acids is 1. The minimum Gasteiger partial charge on any atom is -0.477 e. The van der Waals surface area contributed by atoms with Crippen LogP contribution in [-0.2, 0) is 14.3 Å². The van der Waals surface area contributed by atoms with Crippen LogP contribution >= 0.6 is 0 Å². The van der Waals surface area contributed by atoms with Crippen LogP contribution < -0.4 is 5.32 Å². The van der Waals surface area contributed by atoms with E-state index in [1.54, 1.807) is 0 Å². The van der Waals surface area contributed by atoms with Gasteiger partial charge in [-0.1, -0.05) is 6.92 Å². The number of hydrogen-bond donors (Lipinski definition) is 7. The van der Waals surface area contributed by atoms with Crippen molar-refractivity contribution in [1.82, 2.24) is 5.32 Å². The van der Waals surface area contributed by atoms with E-state index >= 15 is 0 Å². The highest BCUT2D eigenvalue weighted by atomic mass is 16.7. The van der Waals surface area contributed by atoms with Gasteiger partial charge in [0.1, 0.15) is 18.3 Å². The molecule has 1 amide bonds. The van der Waals surface area contributed by atoms with E-state index in [0.717, 1.165) is 0 Å². The SMILES string of the molecule is CCC(=O)N[C@H]1[C@H]([C@H](O)[C@H](O)CO)O[C@@](O)(C(=O)O)C[C@@H]1O. The number of carboxylic acid groups (broad SMARTS) is 1. The van der Waals surface area contributed by atoms with Crippen LogP contribution in [0.25, 0.3) is 0 Å². The van der Waals surface area contributed by atoms with Crippen molar-refractivity contribution in [2.75, 3.05) is 6.61 Å². The number of aliphatic carboxylic acids is 1. The van der Waals surface area contributed by atoms with Gasteiger partial charge in [-0.3, -0.25) is 4.79 Å². The van der Waals surface area contributed by atoms with Crippen LogP contribution in [-0.4, -0.2) is 85.4 Å². The molecule has 1 heterocycles. The van der Waals surface area contributed by atoms with Gasteiger partial charge in [0, 0.05) is 12.8 Å². The molecule has 0 aromatic rings. The van der Waals surface area contributed by atoms with Crippen LogP contribution in [0.3, 0.4) is 0 Å². The smallest absolute Gasteiger partial charge is 0.364 e. The second kappa shape index (κ2) is 7.31. The Morgan fingerprint density at radius 1 is 1.41 bits per heavy atom. The fourth-order valence-corrected chi connectivity index (χ4v) is 2.19. The molecule has 0 radical (unpaired) electrons. The van der Waals surface area contributed by atoms with Crippen LogP contribution in [0.4, 0.5) is 0 Å². The van der Waals surface area contributed by atoms with E-state index in [2.05, 4.69) is 5.32 Å². The van der Waals surface area contributed by atoms with Crippen LogP contribution in [0.5, 0.6) is 0 Å². The summed E-state index contributed by atoms with van der Waals surface area (Å²) in [6.07, 6.45) is -7.42. The van der Waals surface area contributed by atoms with Gasteiger partial charge in [-0.05, 0) is 0 Å². The first-order valence-electron chi connectivity index (χ1n) is 6.74. The average Bonchev–Trinajstić information content (AvgIpc) is 2.47. The molecule has 0 unspecified atom stereocenters. The minimum absolute atomic E-state index is 0.0534. The van der Waals surface area contributed by atoms with Gasteiger partial charge in [0.05, 0.1) is 18.8 Å². The first-order chi connectivity index (χ1) is 10.2. The van der Waals surface area contributed by atoms with Gasteiger partial charge in [0.25, 0.3) is 5.79 Å². The number of rotatable bonds is 6. The van der Waals surface area contributed by atoms with Gasteiger partial charge in [0.2, 0.25) is 5.91 Å². The standard InChI is InChI=1S/C12H21NO9/c1-2-7(17)13-8-5(15)3-12(21,11(19)20)22-10(8)9(18)6(16)4-14/h5-6,8-10,14-16,18,21H,2-4H2,1H3,(H,13,17)(H,19,20)/t5-,6+,8+,9+,10+,12+/m0/s1. The largest absolute Gasteiger partial charge is 0.477 e. The van der Waals surface area contributed by atoms with E-state index in [1.165, 1.54) is 6.92 Å². The van der Waals surface area contributed by atoms with E-state index in [-0.39, 0.29) is 6.42 Å². The molecule has 128 valence electrons. The number of ether oxygens (including phenoxy) is 1. The van der Waals surface area contributed by atoms with Crippen molar-refractivity contribution in [2.24, 2.45) is 0 Å². The summed E-state index contributed by atoms with van der Waals surface area (Å²) >= 11 is 0. The molecule has 10 nitrogen and oxygen atoms in total. The molecule has 1 aliphatic heterocycles. The van der Waals surface area contributed by atoms with Gasteiger partial charge in [-0.15, -0.1) is 0 Å². The molecular formula is C12H21NO9. The lowest BCUT2D eigenvalue weighted by atomic mass is 9.88. The molecule has 0 bridgehead atoms. The lowest BCUT2D eigenvalue weighted by molar-refractivity contribution is -0.295. The Morgan fingerprint density at radius 3 is 2.45 bits per heavy atom. The molecule has 0 saturated carbocycles. The van der Waals surface area contributed by atoms with Crippen LogP contribution in [0, 0.1) is 0 Å². The minimum atomic E-state index is -2.78. The topological polar surface area (TPSA) is 177 Å². The number of hydrogen-bond acceptors (Lipinski definition) is 8. The van der Waals surface area contributed by atoms with Crippen LogP contribution in [0.15, 0.2) is 0 Å². The zero-order valence-electron chi connectivity index (χ0n) is 11.9. The van der Waals surface area contributed by atoms with Gasteiger partial charge in [0.15, 0.2) is 0 Å². The Labute approximate surface area is 125 Å². The lowest BCUT2D eigenvalue weighted by Crippen LogP contribution is -2.67. The second-order valence-corrected chi connectivity index (χ2v) is 5.13. The van der Waals surface area contributed by atoms with Crippen LogP contribution in [0.1, 0.15) is 19.8 Å². The first kappa shape index (κ1) is 18.7.